The Morgan fingerprint density at radius 3 is 2.31 bits per heavy atom. The van der Waals surface area contributed by atoms with Crippen molar-refractivity contribution in [1.82, 2.24) is 20.6 Å². The topological polar surface area (TPSA) is 120 Å². The van der Waals surface area contributed by atoms with Gasteiger partial charge in [-0.15, -0.1) is 0 Å². The van der Waals surface area contributed by atoms with Crippen molar-refractivity contribution in [2.24, 2.45) is 0 Å². The number of hydrogen-bond acceptors (Lipinski definition) is 7. The molecule has 1 heterocycles. The zero-order valence-electron chi connectivity index (χ0n) is 14.1. The van der Waals surface area contributed by atoms with Crippen LogP contribution in [0.1, 0.15) is 27.8 Å². The highest BCUT2D eigenvalue weighted by atomic mass is 16.7. The molecule has 0 aliphatic rings. The van der Waals surface area contributed by atoms with Gasteiger partial charge in [0.1, 0.15) is 11.4 Å². The molecule has 0 fully saturated rings. The number of nitrogens with one attached hydrogen (secondary N) is 2. The Morgan fingerprint density at radius 2 is 1.69 bits per heavy atom. The fourth-order valence-corrected chi connectivity index (χ4v) is 1.88. The third-order valence-electron chi connectivity index (χ3n) is 3.07. The molecule has 1 aromatic carbocycles. The molecule has 2 amide bonds. The van der Waals surface area contributed by atoms with E-state index >= 15 is 0 Å². The molecule has 0 aliphatic carbocycles. The standard InChI is InChI=1S/C17H18N4O5/c1-2-25-17(24)26-13-5-3-12(4-6-13)15(22)20-9-10-21-16(23)14-11-18-7-8-19-14/h3-8,11H,2,9-10H2,1H3,(H,20,22)(H,21,23). The van der Waals surface area contributed by atoms with Gasteiger partial charge in [0.15, 0.2) is 0 Å². The highest BCUT2D eigenvalue weighted by Crippen LogP contribution is 2.12. The molecule has 9 nitrogen and oxygen atoms in total. The zero-order valence-corrected chi connectivity index (χ0v) is 14.1. The van der Waals surface area contributed by atoms with Crippen molar-refractivity contribution in [1.29, 1.82) is 0 Å². The van der Waals surface area contributed by atoms with Gasteiger partial charge in [0.05, 0.1) is 12.8 Å². The summed E-state index contributed by atoms with van der Waals surface area (Å²) in [6.45, 7) is 2.37. The van der Waals surface area contributed by atoms with E-state index in [1.165, 1.54) is 42.9 Å². The Morgan fingerprint density at radius 1 is 1.00 bits per heavy atom. The second-order valence-corrected chi connectivity index (χ2v) is 4.91. The molecule has 0 saturated carbocycles. The van der Waals surface area contributed by atoms with Crippen LogP contribution in [0.5, 0.6) is 5.75 Å². The van der Waals surface area contributed by atoms with Crippen molar-refractivity contribution in [3.8, 4) is 5.75 Å². The number of carbonyl (C=O) groups excluding carboxylic acids is 3. The molecule has 0 atom stereocenters. The van der Waals surface area contributed by atoms with E-state index in [1.54, 1.807) is 6.92 Å². The molecule has 0 radical (unpaired) electrons. The summed E-state index contributed by atoms with van der Waals surface area (Å²) in [5.41, 5.74) is 0.595. The third-order valence-corrected chi connectivity index (χ3v) is 3.07. The smallest absolute Gasteiger partial charge is 0.434 e. The van der Waals surface area contributed by atoms with Gasteiger partial charge in [0, 0.05) is 31.0 Å². The number of carbonyl (C=O) groups is 3. The lowest BCUT2D eigenvalue weighted by molar-refractivity contribution is 0.0924. The number of rotatable bonds is 7. The van der Waals surface area contributed by atoms with Crippen molar-refractivity contribution in [2.45, 2.75) is 6.92 Å². The predicted octanol–water partition coefficient (Wildman–Crippen LogP) is 1.17. The second kappa shape index (κ2) is 9.72. The summed E-state index contributed by atoms with van der Waals surface area (Å²) in [5, 5.41) is 5.29. The molecular weight excluding hydrogens is 340 g/mol. The summed E-state index contributed by atoms with van der Waals surface area (Å²) in [6.07, 6.45) is 3.45. The first kappa shape index (κ1) is 18.8. The van der Waals surface area contributed by atoms with Gasteiger partial charge in [-0.3, -0.25) is 14.6 Å². The minimum atomic E-state index is -0.802. The highest BCUT2D eigenvalue weighted by Gasteiger charge is 2.09. The second-order valence-electron chi connectivity index (χ2n) is 4.91. The van der Waals surface area contributed by atoms with Crippen molar-refractivity contribution in [3.05, 3.63) is 54.1 Å². The van der Waals surface area contributed by atoms with Gasteiger partial charge in [-0.05, 0) is 31.2 Å². The van der Waals surface area contributed by atoms with E-state index in [4.69, 9.17) is 4.74 Å². The van der Waals surface area contributed by atoms with Crippen LogP contribution in [-0.4, -0.2) is 47.6 Å². The van der Waals surface area contributed by atoms with Crippen LogP contribution in [-0.2, 0) is 4.74 Å². The van der Waals surface area contributed by atoms with E-state index in [0.29, 0.717) is 5.56 Å². The average Bonchev–Trinajstić information content (AvgIpc) is 2.66. The monoisotopic (exact) mass is 358 g/mol. The van der Waals surface area contributed by atoms with Gasteiger partial charge < -0.3 is 20.1 Å². The van der Waals surface area contributed by atoms with Crippen molar-refractivity contribution < 1.29 is 23.9 Å². The van der Waals surface area contributed by atoms with Crippen LogP contribution in [0.2, 0.25) is 0 Å². The lowest BCUT2D eigenvalue weighted by atomic mass is 10.2. The number of ether oxygens (including phenoxy) is 2. The Balaban J connectivity index is 1.74. The van der Waals surface area contributed by atoms with Crippen molar-refractivity contribution in [2.75, 3.05) is 19.7 Å². The fraction of sp³-hybridized carbons (Fsp3) is 0.235. The minimum absolute atomic E-state index is 0.205. The Hall–Kier alpha value is -3.49. The lowest BCUT2D eigenvalue weighted by Crippen LogP contribution is -2.35. The van der Waals surface area contributed by atoms with E-state index in [9.17, 15) is 14.4 Å². The number of aromatic nitrogens is 2. The van der Waals surface area contributed by atoms with Crippen LogP contribution >= 0.6 is 0 Å². The van der Waals surface area contributed by atoms with Gasteiger partial charge in [-0.2, -0.15) is 0 Å². The van der Waals surface area contributed by atoms with E-state index in [1.807, 2.05) is 0 Å². The SMILES string of the molecule is CCOC(=O)Oc1ccc(C(=O)NCCNC(=O)c2cnccn2)cc1. The number of hydrogen-bond donors (Lipinski definition) is 2. The molecule has 0 saturated heterocycles. The molecule has 0 unspecified atom stereocenters. The largest absolute Gasteiger partial charge is 0.513 e. The first-order chi connectivity index (χ1) is 12.6. The van der Waals surface area contributed by atoms with Crippen LogP contribution in [0.4, 0.5) is 4.79 Å². The Bertz CT molecular complexity index is 750. The van der Waals surface area contributed by atoms with Gasteiger partial charge in [0.25, 0.3) is 11.8 Å². The Kier molecular flexibility index (Phi) is 7.04. The van der Waals surface area contributed by atoms with Gasteiger partial charge >= 0.3 is 6.16 Å². The van der Waals surface area contributed by atoms with Crippen molar-refractivity contribution >= 4 is 18.0 Å². The quantitative estimate of drug-likeness (QED) is 0.433. The molecular formula is C17H18N4O5. The zero-order chi connectivity index (χ0) is 18.8. The van der Waals surface area contributed by atoms with Gasteiger partial charge in [0.2, 0.25) is 0 Å². The molecule has 0 aliphatic heterocycles. The maximum Gasteiger partial charge on any atom is 0.513 e. The molecule has 2 rings (SSSR count). The average molecular weight is 358 g/mol. The summed E-state index contributed by atoms with van der Waals surface area (Å²) in [6, 6.07) is 6.01. The summed E-state index contributed by atoms with van der Waals surface area (Å²) >= 11 is 0. The predicted molar refractivity (Wildman–Crippen MR) is 90.8 cm³/mol. The molecule has 9 heteroatoms. The van der Waals surface area contributed by atoms with Crippen molar-refractivity contribution in [3.63, 3.8) is 0 Å². The van der Waals surface area contributed by atoms with Gasteiger partial charge in [-0.1, -0.05) is 0 Å². The Labute approximate surface area is 149 Å². The molecule has 26 heavy (non-hydrogen) atoms. The van der Waals surface area contributed by atoms with E-state index < -0.39 is 6.16 Å². The normalized spacial score (nSPS) is 9.88. The minimum Gasteiger partial charge on any atom is -0.434 e. The lowest BCUT2D eigenvalue weighted by Gasteiger charge is -2.08. The molecule has 0 spiro atoms. The molecule has 0 bridgehead atoms. The highest BCUT2D eigenvalue weighted by molar-refractivity contribution is 5.94. The molecule has 2 aromatic rings. The van der Waals surface area contributed by atoms with E-state index in [-0.39, 0.29) is 43.0 Å². The summed E-state index contributed by atoms with van der Waals surface area (Å²) in [5.74, 6) is -0.412. The first-order valence-electron chi connectivity index (χ1n) is 7.87. The maximum absolute atomic E-state index is 12.0. The van der Waals surface area contributed by atoms with Gasteiger partial charge in [-0.25, -0.2) is 9.78 Å². The number of nitrogens with zero attached hydrogens (tertiary/aromatic N) is 2. The van der Waals surface area contributed by atoms with E-state index in [0.717, 1.165) is 0 Å². The van der Waals surface area contributed by atoms with E-state index in [2.05, 4.69) is 25.3 Å². The third kappa shape index (κ3) is 5.86. The first-order valence-corrected chi connectivity index (χ1v) is 7.87. The van der Waals surface area contributed by atoms with Crippen LogP contribution in [0, 0.1) is 0 Å². The number of benzene rings is 1. The summed E-state index contributed by atoms with van der Waals surface area (Å²) in [4.78, 5) is 42.6. The fourth-order valence-electron chi connectivity index (χ4n) is 1.88. The maximum atomic E-state index is 12.0. The van der Waals surface area contributed by atoms with Crippen LogP contribution in [0.25, 0.3) is 0 Å². The van der Waals surface area contributed by atoms with Crippen LogP contribution in [0.3, 0.4) is 0 Å². The summed E-state index contributed by atoms with van der Waals surface area (Å²) in [7, 11) is 0. The van der Waals surface area contributed by atoms with Crippen LogP contribution in [0.15, 0.2) is 42.9 Å². The van der Waals surface area contributed by atoms with Crippen LogP contribution < -0.4 is 15.4 Å². The molecule has 136 valence electrons. The number of amides is 2. The molecule has 2 N–H and O–H groups in total. The molecule has 1 aromatic heterocycles. The summed E-state index contributed by atoms with van der Waals surface area (Å²) < 4.78 is 9.56.